The maximum atomic E-state index is 10.7. The van der Waals surface area contributed by atoms with E-state index in [-0.39, 0.29) is 5.75 Å². The molecule has 0 bridgehead atoms. The highest BCUT2D eigenvalue weighted by Gasteiger charge is 2.06. The summed E-state index contributed by atoms with van der Waals surface area (Å²) in [6, 6.07) is 5.82. The minimum Gasteiger partial charge on any atom is -0.285 e. The van der Waals surface area contributed by atoms with Crippen LogP contribution in [0.2, 0.25) is 0 Å². The summed E-state index contributed by atoms with van der Waals surface area (Å²) in [6.45, 7) is 7.36. The number of rotatable bonds is 4. The van der Waals surface area contributed by atoms with E-state index in [1.165, 1.54) is 0 Å². The molecule has 0 fully saturated rings. The Kier molecular flexibility index (Phi) is 4.26. The zero-order chi connectivity index (χ0) is 13.1. The molecule has 0 saturated carbocycles. The van der Waals surface area contributed by atoms with Gasteiger partial charge in [-0.15, -0.1) is 0 Å². The van der Waals surface area contributed by atoms with E-state index in [1.807, 2.05) is 25.1 Å². The fraction of sp³-hybridized carbons (Fsp3) is 0.231. The fourth-order valence-electron chi connectivity index (χ4n) is 1.60. The van der Waals surface area contributed by atoms with Crippen LogP contribution in [0.4, 0.5) is 0 Å². The molecule has 1 N–H and O–H groups in total. The van der Waals surface area contributed by atoms with Gasteiger partial charge in [-0.3, -0.25) is 4.55 Å². The minimum absolute atomic E-state index is 0.350. The third kappa shape index (κ3) is 4.54. The normalized spacial score (nSPS) is 12.5. The average Bonchev–Trinajstić information content (AvgIpc) is 2.17. The van der Waals surface area contributed by atoms with Crippen LogP contribution < -0.4 is 0 Å². The molecular weight excluding hydrogens is 236 g/mol. The first-order valence-electron chi connectivity index (χ1n) is 5.17. The molecule has 1 aromatic carbocycles. The van der Waals surface area contributed by atoms with Crippen molar-refractivity contribution in [2.24, 2.45) is 0 Å². The van der Waals surface area contributed by atoms with Gasteiger partial charge in [0.15, 0.2) is 0 Å². The van der Waals surface area contributed by atoms with Gasteiger partial charge in [0.2, 0.25) is 0 Å². The maximum absolute atomic E-state index is 10.7. The van der Waals surface area contributed by atoms with Gasteiger partial charge in [0.05, 0.1) is 5.75 Å². The van der Waals surface area contributed by atoms with Crippen LogP contribution >= 0.6 is 0 Å². The maximum Gasteiger partial charge on any atom is 0.268 e. The Hall–Kier alpha value is -1.39. The van der Waals surface area contributed by atoms with Crippen LogP contribution in [0, 0.1) is 6.92 Å². The first-order valence-corrected chi connectivity index (χ1v) is 6.78. The Morgan fingerprint density at radius 1 is 1.41 bits per heavy atom. The summed E-state index contributed by atoms with van der Waals surface area (Å²) in [5, 5.41) is 0. The van der Waals surface area contributed by atoms with Crippen LogP contribution in [-0.4, -0.2) is 18.7 Å². The lowest BCUT2D eigenvalue weighted by molar-refractivity contribution is 0.486. The largest absolute Gasteiger partial charge is 0.285 e. The molecule has 0 radical (unpaired) electrons. The van der Waals surface area contributed by atoms with Crippen LogP contribution in [0.5, 0.6) is 0 Å². The quantitative estimate of drug-likeness (QED) is 0.838. The van der Waals surface area contributed by atoms with Crippen molar-refractivity contribution >= 4 is 22.3 Å². The highest BCUT2D eigenvalue weighted by molar-refractivity contribution is 7.86. The molecular formula is C13H16O3S. The molecule has 0 aromatic heterocycles. The van der Waals surface area contributed by atoms with Crippen molar-refractivity contribution in [2.75, 3.05) is 5.75 Å². The van der Waals surface area contributed by atoms with Crippen LogP contribution in [0.1, 0.15) is 23.6 Å². The van der Waals surface area contributed by atoms with Crippen molar-refractivity contribution in [1.82, 2.24) is 0 Å². The zero-order valence-electron chi connectivity index (χ0n) is 9.97. The average molecular weight is 252 g/mol. The Bertz CT molecular complexity index is 554. The SMILES string of the molecule is C=Cc1cc(C)ccc1/C=C(/C)CS(=O)(=O)O. The van der Waals surface area contributed by atoms with Crippen molar-refractivity contribution in [3.63, 3.8) is 0 Å². The van der Waals surface area contributed by atoms with E-state index in [1.54, 1.807) is 19.1 Å². The molecule has 4 heteroatoms. The molecule has 0 unspecified atom stereocenters. The number of aryl methyl sites for hydroxylation is 1. The summed E-state index contributed by atoms with van der Waals surface area (Å²) in [6.07, 6.45) is 3.46. The monoisotopic (exact) mass is 252 g/mol. The van der Waals surface area contributed by atoms with E-state index < -0.39 is 10.1 Å². The second-order valence-corrected chi connectivity index (χ2v) is 5.51. The summed E-state index contributed by atoms with van der Waals surface area (Å²) in [4.78, 5) is 0. The summed E-state index contributed by atoms with van der Waals surface area (Å²) < 4.78 is 30.2. The summed E-state index contributed by atoms with van der Waals surface area (Å²) in [5.41, 5.74) is 3.54. The Labute approximate surface area is 102 Å². The molecule has 1 aromatic rings. The van der Waals surface area contributed by atoms with Crippen LogP contribution in [-0.2, 0) is 10.1 Å². The summed E-state index contributed by atoms with van der Waals surface area (Å²) in [5.74, 6) is -0.350. The first kappa shape index (κ1) is 13.7. The van der Waals surface area contributed by atoms with Crippen molar-refractivity contribution in [1.29, 1.82) is 0 Å². The number of hydrogen-bond donors (Lipinski definition) is 1. The lowest BCUT2D eigenvalue weighted by atomic mass is 10.0. The minimum atomic E-state index is -3.97. The predicted octanol–water partition coefficient (Wildman–Crippen LogP) is 2.93. The van der Waals surface area contributed by atoms with Crippen molar-refractivity contribution in [3.05, 3.63) is 47.0 Å². The van der Waals surface area contributed by atoms with Gasteiger partial charge in [0.1, 0.15) is 0 Å². The van der Waals surface area contributed by atoms with Gasteiger partial charge in [-0.1, -0.05) is 48.1 Å². The van der Waals surface area contributed by atoms with E-state index in [0.29, 0.717) is 5.57 Å². The topological polar surface area (TPSA) is 54.4 Å². The van der Waals surface area contributed by atoms with E-state index in [0.717, 1.165) is 16.7 Å². The van der Waals surface area contributed by atoms with Gasteiger partial charge in [0.25, 0.3) is 10.1 Å². The summed E-state index contributed by atoms with van der Waals surface area (Å²) >= 11 is 0. The van der Waals surface area contributed by atoms with Gasteiger partial charge in [0, 0.05) is 0 Å². The molecule has 0 saturated heterocycles. The second kappa shape index (κ2) is 5.29. The molecule has 0 aliphatic carbocycles. The van der Waals surface area contributed by atoms with Crippen LogP contribution in [0.25, 0.3) is 12.2 Å². The molecule has 0 aliphatic heterocycles. The zero-order valence-corrected chi connectivity index (χ0v) is 10.8. The predicted molar refractivity (Wildman–Crippen MR) is 71.3 cm³/mol. The number of hydrogen-bond acceptors (Lipinski definition) is 2. The fourth-order valence-corrected chi connectivity index (χ4v) is 2.26. The van der Waals surface area contributed by atoms with E-state index in [4.69, 9.17) is 4.55 Å². The van der Waals surface area contributed by atoms with E-state index in [2.05, 4.69) is 6.58 Å². The van der Waals surface area contributed by atoms with Crippen molar-refractivity contribution in [3.8, 4) is 0 Å². The summed E-state index contributed by atoms with van der Waals surface area (Å²) in [7, 11) is -3.97. The van der Waals surface area contributed by atoms with Gasteiger partial charge in [-0.25, -0.2) is 0 Å². The number of benzene rings is 1. The Morgan fingerprint density at radius 3 is 2.59 bits per heavy atom. The Balaban J connectivity index is 3.09. The molecule has 1 rings (SSSR count). The molecule has 0 amide bonds. The van der Waals surface area contributed by atoms with Crippen molar-refractivity contribution in [2.45, 2.75) is 13.8 Å². The molecule has 0 heterocycles. The first-order chi connectivity index (χ1) is 7.81. The third-order valence-corrected chi connectivity index (χ3v) is 3.09. The molecule has 92 valence electrons. The molecule has 17 heavy (non-hydrogen) atoms. The lowest BCUT2D eigenvalue weighted by Gasteiger charge is -2.04. The van der Waals surface area contributed by atoms with Crippen LogP contribution in [0.3, 0.4) is 0 Å². The second-order valence-electron chi connectivity index (χ2n) is 4.05. The highest BCUT2D eigenvalue weighted by Crippen LogP contribution is 2.17. The van der Waals surface area contributed by atoms with Gasteiger partial charge in [-0.05, 0) is 25.0 Å². The smallest absolute Gasteiger partial charge is 0.268 e. The lowest BCUT2D eigenvalue weighted by Crippen LogP contribution is -2.04. The standard InChI is InChI=1S/C13H16O3S/c1-4-12-7-10(2)5-6-13(12)8-11(3)9-17(14,15)16/h4-8H,1,9H2,2-3H3,(H,14,15,16)/b11-8-. The van der Waals surface area contributed by atoms with E-state index in [9.17, 15) is 8.42 Å². The third-order valence-electron chi connectivity index (χ3n) is 2.27. The molecule has 3 nitrogen and oxygen atoms in total. The molecule has 0 aliphatic rings. The van der Waals surface area contributed by atoms with E-state index >= 15 is 0 Å². The Morgan fingerprint density at radius 2 is 2.06 bits per heavy atom. The van der Waals surface area contributed by atoms with Gasteiger partial charge in [-0.2, -0.15) is 8.42 Å². The van der Waals surface area contributed by atoms with Gasteiger partial charge < -0.3 is 0 Å². The highest BCUT2D eigenvalue weighted by atomic mass is 32.2. The molecule has 0 atom stereocenters. The van der Waals surface area contributed by atoms with Crippen LogP contribution in [0.15, 0.2) is 30.4 Å². The van der Waals surface area contributed by atoms with Crippen molar-refractivity contribution < 1.29 is 13.0 Å². The van der Waals surface area contributed by atoms with Gasteiger partial charge >= 0.3 is 0 Å². The molecule has 0 spiro atoms.